The molecule has 0 aromatic rings. The Morgan fingerprint density at radius 3 is 2.33 bits per heavy atom. The summed E-state index contributed by atoms with van der Waals surface area (Å²) in [6.07, 6.45) is 5.89. The lowest BCUT2D eigenvalue weighted by Gasteiger charge is -2.41. The highest BCUT2D eigenvalue weighted by Gasteiger charge is 2.34. The summed E-state index contributed by atoms with van der Waals surface area (Å²) >= 11 is 0. The van der Waals surface area contributed by atoms with Crippen LogP contribution < -0.4 is 5.48 Å². The lowest BCUT2D eigenvalue weighted by molar-refractivity contribution is -0.778. The molecule has 2 bridgehead atoms. The van der Waals surface area contributed by atoms with E-state index >= 15 is 0 Å². The summed E-state index contributed by atoms with van der Waals surface area (Å²) in [6.45, 7) is 2.31. The lowest BCUT2D eigenvalue weighted by Crippen LogP contribution is -2.41. The zero-order chi connectivity index (χ0) is 10.8. The van der Waals surface area contributed by atoms with Crippen molar-refractivity contribution in [1.29, 1.82) is 0 Å². The third-order valence-corrected chi connectivity index (χ3v) is 3.67. The van der Waals surface area contributed by atoms with E-state index in [1.54, 1.807) is 0 Å². The highest BCUT2D eigenvalue weighted by atomic mass is 17.0. The fourth-order valence-corrected chi connectivity index (χ4v) is 3.40. The second kappa shape index (κ2) is 4.35. The van der Waals surface area contributed by atoms with E-state index in [0.29, 0.717) is 0 Å². The summed E-state index contributed by atoms with van der Waals surface area (Å²) in [5.41, 5.74) is 2.57. The third kappa shape index (κ3) is 2.81. The molecule has 1 N–H and O–H groups in total. The molecule has 5 heteroatoms. The van der Waals surface area contributed by atoms with E-state index in [1.165, 1.54) is 19.3 Å². The average molecular weight is 214 g/mol. The molecule has 2 atom stereocenters. The fourth-order valence-electron chi connectivity index (χ4n) is 3.40. The second-order valence-corrected chi connectivity index (χ2v) is 5.15. The first kappa shape index (κ1) is 10.7. The Hall–Kier alpha value is -0.840. The van der Waals surface area contributed by atoms with Gasteiger partial charge in [-0.2, -0.15) is 5.48 Å². The van der Waals surface area contributed by atoms with Crippen molar-refractivity contribution in [3.8, 4) is 0 Å². The number of fused-ring (bicyclic) bond motifs is 2. The first-order valence-electron chi connectivity index (χ1n) is 5.70. The minimum absolute atomic E-state index is 0.173. The van der Waals surface area contributed by atoms with Crippen molar-refractivity contribution in [2.75, 3.05) is 0 Å². The second-order valence-electron chi connectivity index (χ2n) is 5.15. The number of hydrogen-bond acceptors (Lipinski definition) is 4. The molecule has 0 radical (unpaired) electrons. The predicted octanol–water partition coefficient (Wildman–Crippen LogP) is 1.91. The van der Waals surface area contributed by atoms with Crippen molar-refractivity contribution in [3.05, 3.63) is 10.1 Å². The Kier molecular flexibility index (Phi) is 3.09. The third-order valence-electron chi connectivity index (χ3n) is 3.67. The highest BCUT2D eigenvalue weighted by Crippen LogP contribution is 2.42. The monoisotopic (exact) mass is 214 g/mol. The molecule has 2 unspecified atom stereocenters. The first-order chi connectivity index (χ1) is 7.13. The molecule has 0 amide bonds. The maximum absolute atomic E-state index is 10.1. The number of nitrogens with zero attached hydrogens (tertiary/aromatic N) is 1. The van der Waals surface area contributed by atoms with Gasteiger partial charge in [0.05, 0.1) is 0 Å². The van der Waals surface area contributed by atoms with E-state index in [9.17, 15) is 10.1 Å². The van der Waals surface area contributed by atoms with Crippen molar-refractivity contribution in [1.82, 2.24) is 5.48 Å². The zero-order valence-corrected chi connectivity index (χ0v) is 9.02. The van der Waals surface area contributed by atoms with Gasteiger partial charge in [-0.1, -0.05) is 6.92 Å². The molecule has 5 nitrogen and oxygen atoms in total. The zero-order valence-electron chi connectivity index (χ0n) is 9.02. The van der Waals surface area contributed by atoms with Crippen molar-refractivity contribution in [2.24, 2.45) is 17.8 Å². The molecule has 0 aromatic heterocycles. The van der Waals surface area contributed by atoms with Gasteiger partial charge >= 0.3 is 5.09 Å². The van der Waals surface area contributed by atoms with Crippen LogP contribution in [0.3, 0.4) is 0 Å². The van der Waals surface area contributed by atoms with Crippen LogP contribution in [0.5, 0.6) is 0 Å². The van der Waals surface area contributed by atoms with Crippen molar-refractivity contribution < 1.29 is 10.0 Å². The van der Waals surface area contributed by atoms with Gasteiger partial charge < -0.3 is 0 Å². The summed E-state index contributed by atoms with van der Waals surface area (Å²) in [4.78, 5) is 14.3. The molecular weight excluding hydrogens is 196 g/mol. The van der Waals surface area contributed by atoms with Gasteiger partial charge in [0, 0.05) is 6.04 Å². The molecule has 2 saturated carbocycles. The van der Waals surface area contributed by atoms with E-state index in [1.807, 2.05) is 0 Å². The van der Waals surface area contributed by atoms with Crippen molar-refractivity contribution in [2.45, 2.75) is 45.1 Å². The number of hydrogen-bond donors (Lipinski definition) is 1. The molecule has 0 aliphatic heterocycles. The number of nitrogens with one attached hydrogen (secondary N) is 1. The first-order valence-corrected chi connectivity index (χ1v) is 5.70. The van der Waals surface area contributed by atoms with Gasteiger partial charge in [0.2, 0.25) is 0 Å². The van der Waals surface area contributed by atoms with E-state index < -0.39 is 5.09 Å². The molecule has 2 rings (SSSR count). The van der Waals surface area contributed by atoms with Crippen LogP contribution in [0.1, 0.15) is 39.0 Å². The van der Waals surface area contributed by atoms with Gasteiger partial charge in [-0.3, -0.25) is 0 Å². The summed E-state index contributed by atoms with van der Waals surface area (Å²) < 4.78 is 0. The van der Waals surface area contributed by atoms with Crippen molar-refractivity contribution >= 4 is 0 Å². The molecule has 2 fully saturated rings. The molecule has 0 heterocycles. The van der Waals surface area contributed by atoms with Gasteiger partial charge in [0.15, 0.2) is 0 Å². The lowest BCUT2D eigenvalue weighted by atomic mass is 9.67. The van der Waals surface area contributed by atoms with E-state index in [4.69, 9.17) is 0 Å². The van der Waals surface area contributed by atoms with Crippen LogP contribution in [0.25, 0.3) is 0 Å². The van der Waals surface area contributed by atoms with E-state index in [2.05, 4.69) is 17.3 Å². The van der Waals surface area contributed by atoms with Crippen molar-refractivity contribution in [3.63, 3.8) is 0 Å². The van der Waals surface area contributed by atoms with Gasteiger partial charge in [-0.05, 0) is 49.9 Å². The van der Waals surface area contributed by atoms with Crippen LogP contribution in [0.2, 0.25) is 0 Å². The maximum atomic E-state index is 10.1. The van der Waals surface area contributed by atoms with Crippen LogP contribution in [0.15, 0.2) is 0 Å². The van der Waals surface area contributed by atoms with Crippen LogP contribution in [0.4, 0.5) is 0 Å². The molecular formula is C10H18N2O3. The Balaban J connectivity index is 1.83. The topological polar surface area (TPSA) is 64.4 Å². The highest BCUT2D eigenvalue weighted by molar-refractivity contribution is 4.87. The molecule has 86 valence electrons. The normalized spacial score (nSPS) is 39.8. The smallest absolute Gasteiger partial charge is 0.220 e. The minimum atomic E-state index is -0.771. The Bertz CT molecular complexity index is 229. The quantitative estimate of drug-likeness (QED) is 0.575. The van der Waals surface area contributed by atoms with Gasteiger partial charge in [-0.15, -0.1) is 10.1 Å². The molecule has 0 spiro atoms. The SMILES string of the molecule is CC1CC2CC(C1)CC(NO[N+](=O)[O-])C2. The molecule has 15 heavy (non-hydrogen) atoms. The van der Waals surface area contributed by atoms with Gasteiger partial charge in [0.1, 0.15) is 0 Å². The van der Waals surface area contributed by atoms with Crippen LogP contribution >= 0.6 is 0 Å². The van der Waals surface area contributed by atoms with Crippen LogP contribution in [-0.2, 0) is 4.94 Å². The van der Waals surface area contributed by atoms with Crippen LogP contribution in [-0.4, -0.2) is 11.1 Å². The maximum Gasteiger partial charge on any atom is 0.311 e. The van der Waals surface area contributed by atoms with Gasteiger partial charge in [-0.25, -0.2) is 4.94 Å². The number of hydroxylamine groups is 1. The summed E-state index contributed by atoms with van der Waals surface area (Å²) in [7, 11) is 0. The van der Waals surface area contributed by atoms with E-state index in [0.717, 1.165) is 30.6 Å². The molecule has 2 aliphatic rings. The molecule has 0 aromatic carbocycles. The summed E-state index contributed by atoms with van der Waals surface area (Å²) in [6, 6.07) is 0.173. The van der Waals surface area contributed by atoms with Gasteiger partial charge in [0.25, 0.3) is 0 Å². The molecule has 0 saturated heterocycles. The molecule has 2 aliphatic carbocycles. The summed E-state index contributed by atoms with van der Waals surface area (Å²) in [5.74, 6) is 2.30. The Morgan fingerprint density at radius 1 is 1.20 bits per heavy atom. The summed E-state index contributed by atoms with van der Waals surface area (Å²) in [5, 5.41) is 9.29. The van der Waals surface area contributed by atoms with Crippen LogP contribution in [0, 0.1) is 27.9 Å². The standard InChI is InChI=1S/C10H18N2O3/c1-7-2-8-4-9(3-7)6-10(5-8)11-15-12(13)14/h7-11H,2-6H2,1H3. The average Bonchev–Trinajstić information content (AvgIpc) is 2.12. The fraction of sp³-hybridized carbons (Fsp3) is 1.00. The Morgan fingerprint density at radius 2 is 1.80 bits per heavy atom. The largest absolute Gasteiger partial charge is 0.311 e. The minimum Gasteiger partial charge on any atom is -0.220 e. The van der Waals surface area contributed by atoms with E-state index in [-0.39, 0.29) is 6.04 Å². The predicted molar refractivity (Wildman–Crippen MR) is 54.2 cm³/mol. The number of rotatable bonds is 3. The Labute approximate surface area is 89.2 Å².